The number of hydrogen-bond acceptors (Lipinski definition) is 6. The van der Waals surface area contributed by atoms with Crippen molar-refractivity contribution in [3.05, 3.63) is 48.0 Å². The number of para-hydroxylation sites is 1. The smallest absolute Gasteiger partial charge is 0.254 e. The lowest BCUT2D eigenvalue weighted by atomic mass is 10.0. The molecule has 2 aromatic carbocycles. The SMILES string of the molecule is O=C(CCCOc1ccccc1)NC1CCN(C(=O)c2cc(O)c(O)c(O)c2)CC1. The predicted molar refractivity (Wildman–Crippen MR) is 110 cm³/mol. The minimum Gasteiger partial charge on any atom is -0.504 e. The number of nitrogens with one attached hydrogen (secondary N) is 1. The van der Waals surface area contributed by atoms with E-state index in [1.165, 1.54) is 0 Å². The number of rotatable bonds is 7. The Bertz CT molecular complexity index is 855. The Morgan fingerprint density at radius 1 is 1.03 bits per heavy atom. The van der Waals surface area contributed by atoms with Gasteiger partial charge in [0.15, 0.2) is 17.2 Å². The summed E-state index contributed by atoms with van der Waals surface area (Å²) in [4.78, 5) is 26.3. The fourth-order valence-corrected chi connectivity index (χ4v) is 3.38. The second-order valence-electron chi connectivity index (χ2n) is 7.26. The molecule has 0 unspecified atom stereocenters. The third-order valence-electron chi connectivity index (χ3n) is 5.02. The second kappa shape index (κ2) is 9.87. The summed E-state index contributed by atoms with van der Waals surface area (Å²) >= 11 is 0. The first kappa shape index (κ1) is 21.3. The normalized spacial score (nSPS) is 14.3. The highest BCUT2D eigenvalue weighted by Crippen LogP contribution is 2.35. The van der Waals surface area contributed by atoms with E-state index in [0.29, 0.717) is 45.4 Å². The van der Waals surface area contributed by atoms with Gasteiger partial charge in [0.1, 0.15) is 5.75 Å². The molecule has 3 rings (SSSR count). The molecule has 2 amide bonds. The fourth-order valence-electron chi connectivity index (χ4n) is 3.38. The Hall–Kier alpha value is -3.42. The van der Waals surface area contributed by atoms with E-state index in [-0.39, 0.29) is 23.4 Å². The average molecular weight is 414 g/mol. The zero-order valence-corrected chi connectivity index (χ0v) is 16.6. The van der Waals surface area contributed by atoms with Gasteiger partial charge in [0.25, 0.3) is 5.91 Å². The molecule has 1 aliphatic rings. The molecular formula is C22H26N2O6. The van der Waals surface area contributed by atoms with Crippen molar-refractivity contribution in [1.29, 1.82) is 0 Å². The van der Waals surface area contributed by atoms with Gasteiger partial charge in [0.05, 0.1) is 6.61 Å². The zero-order valence-electron chi connectivity index (χ0n) is 16.6. The third-order valence-corrected chi connectivity index (χ3v) is 5.02. The number of phenolic OH excluding ortho intramolecular Hbond substituents is 3. The molecule has 0 radical (unpaired) electrons. The molecule has 0 saturated carbocycles. The number of phenols is 3. The van der Waals surface area contributed by atoms with Crippen LogP contribution in [0.2, 0.25) is 0 Å². The zero-order chi connectivity index (χ0) is 21.5. The lowest BCUT2D eigenvalue weighted by Gasteiger charge is -2.32. The Morgan fingerprint density at radius 3 is 2.30 bits per heavy atom. The van der Waals surface area contributed by atoms with Gasteiger partial charge in [-0.15, -0.1) is 0 Å². The van der Waals surface area contributed by atoms with Crippen LogP contribution in [0.4, 0.5) is 0 Å². The number of aromatic hydroxyl groups is 3. The van der Waals surface area contributed by atoms with Crippen LogP contribution in [0.3, 0.4) is 0 Å². The van der Waals surface area contributed by atoms with Gasteiger partial charge in [-0.1, -0.05) is 18.2 Å². The first-order chi connectivity index (χ1) is 14.4. The van der Waals surface area contributed by atoms with Crippen LogP contribution in [-0.2, 0) is 4.79 Å². The summed E-state index contributed by atoms with van der Waals surface area (Å²) in [5.41, 5.74) is 0.101. The molecule has 0 aromatic heterocycles. The molecule has 0 aliphatic carbocycles. The number of amides is 2. The number of piperidine rings is 1. The van der Waals surface area contributed by atoms with Crippen LogP contribution in [0.5, 0.6) is 23.0 Å². The molecule has 0 spiro atoms. The van der Waals surface area contributed by atoms with Crippen LogP contribution in [0.25, 0.3) is 0 Å². The number of likely N-dealkylation sites (tertiary alicyclic amines) is 1. The van der Waals surface area contributed by atoms with E-state index in [1.54, 1.807) is 4.90 Å². The third kappa shape index (κ3) is 5.56. The maximum absolute atomic E-state index is 12.6. The Balaban J connectivity index is 1.38. The molecule has 0 bridgehead atoms. The van der Waals surface area contributed by atoms with Gasteiger partial charge in [-0.3, -0.25) is 9.59 Å². The highest BCUT2D eigenvalue weighted by molar-refractivity contribution is 5.95. The van der Waals surface area contributed by atoms with E-state index in [4.69, 9.17) is 4.74 Å². The number of nitrogens with zero attached hydrogens (tertiary/aromatic N) is 1. The van der Waals surface area contributed by atoms with Crippen LogP contribution < -0.4 is 10.1 Å². The predicted octanol–water partition coefficient (Wildman–Crippen LogP) is 2.38. The molecule has 8 heteroatoms. The minimum atomic E-state index is -0.651. The quantitative estimate of drug-likeness (QED) is 0.408. The van der Waals surface area contributed by atoms with Crippen molar-refractivity contribution < 1.29 is 29.6 Å². The molecule has 160 valence electrons. The summed E-state index contributed by atoms with van der Waals surface area (Å²) < 4.78 is 5.58. The van der Waals surface area contributed by atoms with E-state index >= 15 is 0 Å². The maximum atomic E-state index is 12.6. The number of carbonyl (C=O) groups is 2. The summed E-state index contributed by atoms with van der Waals surface area (Å²) in [5.74, 6) is -1.34. The number of carbonyl (C=O) groups excluding carboxylic acids is 2. The second-order valence-corrected chi connectivity index (χ2v) is 7.26. The fraction of sp³-hybridized carbons (Fsp3) is 0.364. The van der Waals surface area contributed by atoms with Gasteiger partial charge < -0.3 is 30.3 Å². The van der Waals surface area contributed by atoms with Gasteiger partial charge >= 0.3 is 0 Å². The summed E-state index contributed by atoms with van der Waals surface area (Å²) in [6.45, 7) is 1.36. The summed E-state index contributed by atoms with van der Waals surface area (Å²) in [7, 11) is 0. The van der Waals surface area contributed by atoms with Crippen LogP contribution in [0.15, 0.2) is 42.5 Å². The molecular weight excluding hydrogens is 388 g/mol. The lowest BCUT2D eigenvalue weighted by Crippen LogP contribution is -2.46. The van der Waals surface area contributed by atoms with E-state index < -0.39 is 17.2 Å². The van der Waals surface area contributed by atoms with Gasteiger partial charge in [-0.05, 0) is 43.5 Å². The Morgan fingerprint density at radius 2 is 1.67 bits per heavy atom. The maximum Gasteiger partial charge on any atom is 0.254 e. The molecule has 1 saturated heterocycles. The Labute approximate surface area is 174 Å². The summed E-state index contributed by atoms with van der Waals surface area (Å²) in [5, 5.41) is 31.6. The Kier molecular flexibility index (Phi) is 7.00. The lowest BCUT2D eigenvalue weighted by molar-refractivity contribution is -0.122. The topological polar surface area (TPSA) is 119 Å². The molecule has 1 aliphatic heterocycles. The largest absolute Gasteiger partial charge is 0.504 e. The standard InChI is InChI=1S/C22H26N2O6/c25-18-13-15(14-19(26)21(18)28)22(29)24-10-8-16(9-11-24)23-20(27)7-4-12-30-17-5-2-1-3-6-17/h1-3,5-6,13-14,16,25-26,28H,4,7-12H2,(H,23,27). The first-order valence-corrected chi connectivity index (χ1v) is 9.95. The molecule has 2 aromatic rings. The van der Waals surface area contributed by atoms with Crippen molar-refractivity contribution in [2.24, 2.45) is 0 Å². The van der Waals surface area contributed by atoms with Crippen molar-refractivity contribution >= 4 is 11.8 Å². The molecule has 1 fully saturated rings. The van der Waals surface area contributed by atoms with E-state index in [1.807, 2.05) is 30.3 Å². The van der Waals surface area contributed by atoms with Gasteiger partial charge in [-0.2, -0.15) is 0 Å². The van der Waals surface area contributed by atoms with E-state index in [0.717, 1.165) is 17.9 Å². The first-order valence-electron chi connectivity index (χ1n) is 9.95. The average Bonchev–Trinajstić information content (AvgIpc) is 2.75. The van der Waals surface area contributed by atoms with E-state index in [2.05, 4.69) is 5.32 Å². The van der Waals surface area contributed by atoms with E-state index in [9.17, 15) is 24.9 Å². The van der Waals surface area contributed by atoms with Crippen molar-refractivity contribution in [3.8, 4) is 23.0 Å². The van der Waals surface area contributed by atoms with Gasteiger partial charge in [-0.25, -0.2) is 0 Å². The number of ether oxygens (including phenoxy) is 1. The van der Waals surface area contributed by atoms with Gasteiger partial charge in [0.2, 0.25) is 5.91 Å². The minimum absolute atomic E-state index is 0.00165. The molecule has 30 heavy (non-hydrogen) atoms. The van der Waals surface area contributed by atoms with Crippen LogP contribution >= 0.6 is 0 Å². The molecule has 8 nitrogen and oxygen atoms in total. The van der Waals surface area contributed by atoms with Crippen molar-refractivity contribution in [3.63, 3.8) is 0 Å². The highest BCUT2D eigenvalue weighted by Gasteiger charge is 2.25. The van der Waals surface area contributed by atoms with Crippen molar-refractivity contribution in [1.82, 2.24) is 10.2 Å². The van der Waals surface area contributed by atoms with Gasteiger partial charge in [0, 0.05) is 31.1 Å². The van der Waals surface area contributed by atoms with Crippen LogP contribution in [0.1, 0.15) is 36.0 Å². The molecule has 0 atom stereocenters. The van der Waals surface area contributed by atoms with Crippen molar-refractivity contribution in [2.75, 3.05) is 19.7 Å². The monoisotopic (exact) mass is 414 g/mol. The van der Waals surface area contributed by atoms with Crippen LogP contribution in [-0.4, -0.2) is 57.8 Å². The summed E-state index contributed by atoms with van der Waals surface area (Å²) in [6.07, 6.45) is 2.23. The number of benzene rings is 2. The van der Waals surface area contributed by atoms with Crippen LogP contribution in [0, 0.1) is 0 Å². The highest BCUT2D eigenvalue weighted by atomic mass is 16.5. The molecule has 1 heterocycles. The summed E-state index contributed by atoms with van der Waals surface area (Å²) in [6, 6.07) is 11.7. The molecule has 4 N–H and O–H groups in total. The number of hydrogen-bond donors (Lipinski definition) is 4. The van der Waals surface area contributed by atoms with Crippen molar-refractivity contribution in [2.45, 2.75) is 31.7 Å².